The molecule has 0 aliphatic carbocycles. The van der Waals surface area contributed by atoms with Crippen LogP contribution in [0, 0.1) is 0 Å². The molecule has 4 heteroatoms. The Labute approximate surface area is 138 Å². The van der Waals surface area contributed by atoms with Crippen LogP contribution in [0.2, 0.25) is 0 Å². The Kier molecular flexibility index (Phi) is 6.18. The number of hydrogen-bond acceptors (Lipinski definition) is 3. The van der Waals surface area contributed by atoms with Crippen molar-refractivity contribution in [3.63, 3.8) is 0 Å². The first-order valence-corrected chi connectivity index (χ1v) is 7.74. The molecule has 0 fully saturated rings. The molecule has 0 radical (unpaired) electrons. The van der Waals surface area contributed by atoms with Crippen molar-refractivity contribution in [2.75, 3.05) is 20.7 Å². The van der Waals surface area contributed by atoms with Crippen LogP contribution >= 0.6 is 0 Å². The first-order chi connectivity index (χ1) is 11.1. The second-order valence-electron chi connectivity index (χ2n) is 5.72. The zero-order chi connectivity index (χ0) is 16.7. The number of nitrogens with one attached hydrogen (secondary N) is 1. The predicted octanol–water partition coefficient (Wildman–Crippen LogP) is 3.00. The van der Waals surface area contributed by atoms with E-state index in [1.807, 2.05) is 73.5 Å². The van der Waals surface area contributed by atoms with E-state index in [9.17, 15) is 4.79 Å². The molecule has 2 aromatic rings. The average Bonchev–Trinajstić information content (AvgIpc) is 2.55. The van der Waals surface area contributed by atoms with E-state index < -0.39 is 0 Å². The van der Waals surface area contributed by atoms with Crippen molar-refractivity contribution in [3.05, 3.63) is 65.7 Å². The topological polar surface area (TPSA) is 41.6 Å². The van der Waals surface area contributed by atoms with Crippen molar-refractivity contribution >= 4 is 5.91 Å². The number of benzene rings is 2. The molecule has 1 amide bonds. The summed E-state index contributed by atoms with van der Waals surface area (Å²) >= 11 is 0. The molecule has 0 aromatic heterocycles. The second kappa shape index (κ2) is 8.34. The van der Waals surface area contributed by atoms with Gasteiger partial charge in [0, 0.05) is 6.54 Å². The van der Waals surface area contributed by atoms with Gasteiger partial charge in [-0.05, 0) is 37.2 Å². The maximum absolute atomic E-state index is 12.2. The molecule has 0 saturated heterocycles. The fraction of sp³-hybridized carbons (Fsp3) is 0.316. The zero-order valence-corrected chi connectivity index (χ0v) is 14.0. The summed E-state index contributed by atoms with van der Waals surface area (Å²) in [6.07, 6.45) is 0. The lowest BCUT2D eigenvalue weighted by atomic mass is 10.1. The van der Waals surface area contributed by atoms with Gasteiger partial charge in [-0.15, -0.1) is 0 Å². The van der Waals surface area contributed by atoms with Gasteiger partial charge in [0.2, 0.25) is 5.91 Å². The second-order valence-corrected chi connectivity index (χ2v) is 5.72. The monoisotopic (exact) mass is 312 g/mol. The maximum atomic E-state index is 12.2. The lowest BCUT2D eigenvalue weighted by molar-refractivity contribution is -0.122. The Morgan fingerprint density at radius 1 is 1.17 bits per heavy atom. The molecule has 0 spiro atoms. The lowest BCUT2D eigenvalue weighted by Gasteiger charge is -2.19. The van der Waals surface area contributed by atoms with Gasteiger partial charge in [0.1, 0.15) is 5.75 Å². The largest absolute Gasteiger partial charge is 0.497 e. The Hall–Kier alpha value is -2.33. The van der Waals surface area contributed by atoms with Gasteiger partial charge in [0.05, 0.1) is 19.7 Å². The molecule has 2 rings (SSSR count). The van der Waals surface area contributed by atoms with Gasteiger partial charge >= 0.3 is 0 Å². The summed E-state index contributed by atoms with van der Waals surface area (Å²) in [7, 11) is 3.59. The number of hydrogen-bond donors (Lipinski definition) is 1. The predicted molar refractivity (Wildman–Crippen MR) is 92.3 cm³/mol. The minimum absolute atomic E-state index is 0.00826. The molecule has 23 heavy (non-hydrogen) atoms. The van der Waals surface area contributed by atoms with E-state index in [4.69, 9.17) is 4.74 Å². The molecule has 0 aliphatic rings. The molecule has 0 unspecified atom stereocenters. The first kappa shape index (κ1) is 17.0. The molecule has 1 N–H and O–H groups in total. The normalized spacial score (nSPS) is 12.0. The number of carbonyl (C=O) groups excluding carboxylic acids is 1. The van der Waals surface area contributed by atoms with E-state index in [0.717, 1.165) is 16.9 Å². The van der Waals surface area contributed by atoms with Crippen LogP contribution in [-0.2, 0) is 11.3 Å². The summed E-state index contributed by atoms with van der Waals surface area (Å²) in [6.45, 7) is 3.05. The minimum atomic E-state index is 0.00826. The number of rotatable bonds is 7. The Bertz CT molecular complexity index is 628. The van der Waals surface area contributed by atoms with Gasteiger partial charge in [-0.2, -0.15) is 0 Å². The minimum Gasteiger partial charge on any atom is -0.497 e. The highest BCUT2D eigenvalue weighted by molar-refractivity contribution is 5.78. The molecular weight excluding hydrogens is 288 g/mol. The van der Waals surface area contributed by atoms with E-state index in [-0.39, 0.29) is 11.9 Å². The Morgan fingerprint density at radius 2 is 1.91 bits per heavy atom. The third-order valence-corrected chi connectivity index (χ3v) is 3.68. The summed E-state index contributed by atoms with van der Waals surface area (Å²) in [5.74, 6) is 0.852. The van der Waals surface area contributed by atoms with E-state index in [1.54, 1.807) is 7.11 Å². The Morgan fingerprint density at radius 3 is 2.61 bits per heavy atom. The van der Waals surface area contributed by atoms with Crippen molar-refractivity contribution in [2.24, 2.45) is 0 Å². The number of amides is 1. The molecule has 0 bridgehead atoms. The maximum Gasteiger partial charge on any atom is 0.234 e. The van der Waals surface area contributed by atoms with Crippen LogP contribution in [0.1, 0.15) is 24.1 Å². The fourth-order valence-electron chi connectivity index (χ4n) is 2.50. The summed E-state index contributed by atoms with van der Waals surface area (Å²) < 4.78 is 5.22. The third-order valence-electron chi connectivity index (χ3n) is 3.68. The van der Waals surface area contributed by atoms with Crippen LogP contribution in [0.5, 0.6) is 5.75 Å². The van der Waals surface area contributed by atoms with Crippen LogP contribution in [0.15, 0.2) is 54.6 Å². The van der Waals surface area contributed by atoms with E-state index in [1.165, 1.54) is 0 Å². The number of nitrogens with zero attached hydrogens (tertiary/aromatic N) is 1. The molecule has 1 atom stereocenters. The summed E-state index contributed by atoms with van der Waals surface area (Å²) in [4.78, 5) is 14.2. The van der Waals surface area contributed by atoms with Crippen LogP contribution in [0.25, 0.3) is 0 Å². The molecule has 0 saturated carbocycles. The molecule has 0 heterocycles. The van der Waals surface area contributed by atoms with E-state index >= 15 is 0 Å². The van der Waals surface area contributed by atoms with E-state index in [0.29, 0.717) is 13.1 Å². The van der Waals surface area contributed by atoms with Gasteiger partial charge in [0.15, 0.2) is 0 Å². The smallest absolute Gasteiger partial charge is 0.234 e. The number of likely N-dealkylation sites (N-methyl/N-ethyl adjacent to an activating group) is 1. The lowest BCUT2D eigenvalue weighted by Crippen LogP contribution is -2.36. The van der Waals surface area contributed by atoms with Crippen molar-refractivity contribution in [1.29, 1.82) is 0 Å². The number of carbonyl (C=O) groups is 1. The fourth-order valence-corrected chi connectivity index (χ4v) is 2.50. The van der Waals surface area contributed by atoms with Crippen LogP contribution in [0.4, 0.5) is 0 Å². The highest BCUT2D eigenvalue weighted by atomic mass is 16.5. The first-order valence-electron chi connectivity index (χ1n) is 7.74. The van der Waals surface area contributed by atoms with Gasteiger partial charge < -0.3 is 10.1 Å². The van der Waals surface area contributed by atoms with Crippen molar-refractivity contribution < 1.29 is 9.53 Å². The summed E-state index contributed by atoms with van der Waals surface area (Å²) in [5.41, 5.74) is 2.23. The third kappa shape index (κ3) is 5.42. The number of methoxy groups -OCH3 is 1. The Balaban J connectivity index is 1.84. The SMILES string of the molecule is COc1cccc(CN(C)CC(=O)N[C@@H](C)c2ccccc2)c1. The quantitative estimate of drug-likeness (QED) is 0.854. The molecular formula is C19H24N2O2. The average molecular weight is 312 g/mol. The van der Waals surface area contributed by atoms with Gasteiger partial charge in [-0.1, -0.05) is 42.5 Å². The zero-order valence-electron chi connectivity index (χ0n) is 14.0. The molecule has 2 aromatic carbocycles. The summed E-state index contributed by atoms with van der Waals surface area (Å²) in [6, 6.07) is 17.9. The molecule has 0 aliphatic heterocycles. The highest BCUT2D eigenvalue weighted by Gasteiger charge is 2.11. The van der Waals surface area contributed by atoms with E-state index in [2.05, 4.69) is 5.32 Å². The number of ether oxygens (including phenoxy) is 1. The molecule has 4 nitrogen and oxygen atoms in total. The highest BCUT2D eigenvalue weighted by Crippen LogP contribution is 2.14. The van der Waals surface area contributed by atoms with Gasteiger partial charge in [0.25, 0.3) is 0 Å². The van der Waals surface area contributed by atoms with Gasteiger partial charge in [-0.25, -0.2) is 0 Å². The van der Waals surface area contributed by atoms with Crippen LogP contribution in [-0.4, -0.2) is 31.5 Å². The van der Waals surface area contributed by atoms with Crippen molar-refractivity contribution in [2.45, 2.75) is 19.5 Å². The van der Waals surface area contributed by atoms with Crippen molar-refractivity contribution in [1.82, 2.24) is 10.2 Å². The van der Waals surface area contributed by atoms with Gasteiger partial charge in [-0.3, -0.25) is 9.69 Å². The molecule has 122 valence electrons. The summed E-state index contributed by atoms with van der Waals surface area (Å²) in [5, 5.41) is 3.03. The standard InChI is InChI=1S/C19H24N2O2/c1-15(17-9-5-4-6-10-17)20-19(22)14-21(2)13-16-8-7-11-18(12-16)23-3/h4-12,15H,13-14H2,1-3H3,(H,20,22)/t15-/m0/s1. The van der Waals surface area contributed by atoms with Crippen molar-refractivity contribution in [3.8, 4) is 5.75 Å². The van der Waals surface area contributed by atoms with Crippen LogP contribution < -0.4 is 10.1 Å². The van der Waals surface area contributed by atoms with Crippen LogP contribution in [0.3, 0.4) is 0 Å².